The first-order valence-corrected chi connectivity index (χ1v) is 9.37. The van der Waals surface area contributed by atoms with Crippen LogP contribution in [-0.2, 0) is 0 Å². The molecule has 0 bridgehead atoms. The highest BCUT2D eigenvalue weighted by Crippen LogP contribution is 2.20. The molecule has 24 heavy (non-hydrogen) atoms. The van der Waals surface area contributed by atoms with Gasteiger partial charge < -0.3 is 15.5 Å². The SMILES string of the molecule is O=C(NCC1CCN(c2ncccn2)CC1)NC1CCCCCC1. The van der Waals surface area contributed by atoms with E-state index in [2.05, 4.69) is 25.5 Å². The Bertz CT molecular complexity index is 493. The van der Waals surface area contributed by atoms with Gasteiger partial charge in [0, 0.05) is 38.1 Å². The predicted molar refractivity (Wildman–Crippen MR) is 95.0 cm³/mol. The first-order valence-electron chi connectivity index (χ1n) is 9.37. The number of nitrogens with one attached hydrogen (secondary N) is 2. The highest BCUT2D eigenvalue weighted by atomic mass is 16.2. The monoisotopic (exact) mass is 331 g/mol. The number of aromatic nitrogens is 2. The Hall–Kier alpha value is -1.85. The molecule has 132 valence electrons. The number of urea groups is 1. The third-order valence-electron chi connectivity index (χ3n) is 5.19. The fraction of sp³-hybridized carbons (Fsp3) is 0.722. The molecule has 1 aromatic rings. The van der Waals surface area contributed by atoms with E-state index >= 15 is 0 Å². The van der Waals surface area contributed by atoms with E-state index in [1.165, 1.54) is 25.7 Å². The van der Waals surface area contributed by atoms with Crippen LogP contribution in [0.2, 0.25) is 0 Å². The zero-order chi connectivity index (χ0) is 16.6. The Kier molecular flexibility index (Phi) is 6.26. The minimum Gasteiger partial charge on any atom is -0.341 e. The predicted octanol–water partition coefficient (Wildman–Crippen LogP) is 2.72. The summed E-state index contributed by atoms with van der Waals surface area (Å²) in [5.41, 5.74) is 0. The van der Waals surface area contributed by atoms with E-state index in [0.717, 1.165) is 51.3 Å². The molecular weight excluding hydrogens is 302 g/mol. The van der Waals surface area contributed by atoms with E-state index < -0.39 is 0 Å². The summed E-state index contributed by atoms with van der Waals surface area (Å²) in [6.07, 6.45) is 13.1. The number of amides is 2. The second-order valence-corrected chi connectivity index (χ2v) is 7.02. The van der Waals surface area contributed by atoms with Crippen molar-refractivity contribution < 1.29 is 4.79 Å². The highest BCUT2D eigenvalue weighted by Gasteiger charge is 2.21. The average molecular weight is 331 g/mol. The summed E-state index contributed by atoms with van der Waals surface area (Å²) >= 11 is 0. The quantitative estimate of drug-likeness (QED) is 0.832. The number of carbonyl (C=O) groups excluding carboxylic acids is 1. The van der Waals surface area contributed by atoms with E-state index in [4.69, 9.17) is 0 Å². The van der Waals surface area contributed by atoms with Gasteiger partial charge in [-0.15, -0.1) is 0 Å². The minimum atomic E-state index is 0.00993. The number of anilines is 1. The van der Waals surface area contributed by atoms with Crippen molar-refractivity contribution in [1.29, 1.82) is 0 Å². The molecule has 1 aliphatic carbocycles. The summed E-state index contributed by atoms with van der Waals surface area (Å²) in [5.74, 6) is 1.36. The van der Waals surface area contributed by atoms with Gasteiger partial charge in [-0.25, -0.2) is 14.8 Å². The second-order valence-electron chi connectivity index (χ2n) is 7.02. The van der Waals surface area contributed by atoms with E-state index in [-0.39, 0.29) is 6.03 Å². The molecule has 1 aliphatic heterocycles. The van der Waals surface area contributed by atoms with Crippen LogP contribution in [0.3, 0.4) is 0 Å². The van der Waals surface area contributed by atoms with E-state index in [9.17, 15) is 4.79 Å². The number of hydrogen-bond acceptors (Lipinski definition) is 4. The standard InChI is InChI=1S/C18H29N5O/c24-18(22-16-6-3-1-2-4-7-16)21-14-15-8-12-23(13-9-15)17-19-10-5-11-20-17/h5,10-11,15-16H,1-4,6-9,12-14H2,(H2,21,22,24). The fourth-order valence-electron chi connectivity index (χ4n) is 3.69. The van der Waals surface area contributed by atoms with Crippen LogP contribution < -0.4 is 15.5 Å². The van der Waals surface area contributed by atoms with Crippen molar-refractivity contribution in [1.82, 2.24) is 20.6 Å². The van der Waals surface area contributed by atoms with Crippen LogP contribution in [0.1, 0.15) is 51.4 Å². The molecule has 2 aliphatic rings. The minimum absolute atomic E-state index is 0.00993. The molecule has 0 aromatic carbocycles. The Morgan fingerprint density at radius 3 is 2.38 bits per heavy atom. The number of nitrogens with zero attached hydrogens (tertiary/aromatic N) is 3. The maximum absolute atomic E-state index is 12.1. The lowest BCUT2D eigenvalue weighted by Gasteiger charge is -2.32. The maximum atomic E-state index is 12.1. The molecule has 1 saturated carbocycles. The summed E-state index contributed by atoms with van der Waals surface area (Å²) in [5, 5.41) is 6.23. The molecule has 3 rings (SSSR count). The third kappa shape index (κ3) is 5.08. The topological polar surface area (TPSA) is 70.2 Å². The number of carbonyl (C=O) groups is 1. The van der Waals surface area contributed by atoms with E-state index in [1.54, 1.807) is 12.4 Å². The second kappa shape index (κ2) is 8.85. The average Bonchev–Trinajstić information content (AvgIpc) is 2.90. The van der Waals surface area contributed by atoms with Gasteiger partial charge >= 0.3 is 6.03 Å². The number of rotatable bonds is 4. The van der Waals surface area contributed by atoms with Crippen molar-refractivity contribution >= 4 is 12.0 Å². The Balaban J connectivity index is 1.35. The van der Waals surface area contributed by atoms with Crippen LogP contribution in [0, 0.1) is 5.92 Å². The summed E-state index contributed by atoms with van der Waals surface area (Å²) in [6, 6.07) is 2.22. The molecule has 1 aromatic heterocycles. The van der Waals surface area contributed by atoms with Crippen LogP contribution in [0.5, 0.6) is 0 Å². The molecule has 2 amide bonds. The van der Waals surface area contributed by atoms with Gasteiger partial charge in [-0.2, -0.15) is 0 Å². The highest BCUT2D eigenvalue weighted by molar-refractivity contribution is 5.74. The van der Waals surface area contributed by atoms with E-state index in [1.807, 2.05) is 6.07 Å². The van der Waals surface area contributed by atoms with Gasteiger partial charge in [0.1, 0.15) is 0 Å². The third-order valence-corrected chi connectivity index (χ3v) is 5.19. The van der Waals surface area contributed by atoms with Gasteiger partial charge in [0.05, 0.1) is 0 Å². The van der Waals surface area contributed by atoms with Gasteiger partial charge in [0.2, 0.25) is 5.95 Å². The Morgan fingerprint density at radius 2 is 1.71 bits per heavy atom. The molecule has 6 heteroatoms. The molecular formula is C18H29N5O. The van der Waals surface area contributed by atoms with Crippen LogP contribution in [0.25, 0.3) is 0 Å². The first kappa shape index (κ1) is 17.0. The zero-order valence-electron chi connectivity index (χ0n) is 14.4. The molecule has 2 heterocycles. The van der Waals surface area contributed by atoms with Crippen LogP contribution >= 0.6 is 0 Å². The van der Waals surface area contributed by atoms with Crippen molar-refractivity contribution in [3.05, 3.63) is 18.5 Å². The molecule has 2 N–H and O–H groups in total. The van der Waals surface area contributed by atoms with Crippen molar-refractivity contribution in [2.75, 3.05) is 24.5 Å². The van der Waals surface area contributed by atoms with Crippen molar-refractivity contribution in [3.8, 4) is 0 Å². The first-order chi connectivity index (χ1) is 11.8. The Morgan fingerprint density at radius 1 is 1.04 bits per heavy atom. The number of piperidine rings is 1. The summed E-state index contributed by atoms with van der Waals surface area (Å²) < 4.78 is 0. The molecule has 2 fully saturated rings. The van der Waals surface area contributed by atoms with Crippen molar-refractivity contribution in [2.45, 2.75) is 57.4 Å². The van der Waals surface area contributed by atoms with Crippen molar-refractivity contribution in [2.24, 2.45) is 5.92 Å². The molecule has 1 saturated heterocycles. The smallest absolute Gasteiger partial charge is 0.315 e. The Labute approximate surface area is 144 Å². The molecule has 0 radical (unpaired) electrons. The van der Waals surface area contributed by atoms with Gasteiger partial charge in [-0.05, 0) is 37.7 Å². The number of hydrogen-bond donors (Lipinski definition) is 2. The van der Waals surface area contributed by atoms with Gasteiger partial charge in [0.25, 0.3) is 0 Å². The maximum Gasteiger partial charge on any atom is 0.315 e. The lowest BCUT2D eigenvalue weighted by molar-refractivity contribution is 0.232. The van der Waals surface area contributed by atoms with Crippen LogP contribution in [-0.4, -0.2) is 41.7 Å². The summed E-state index contributed by atoms with van der Waals surface area (Å²) in [4.78, 5) is 22.9. The normalized spacial score (nSPS) is 20.4. The van der Waals surface area contributed by atoms with Crippen LogP contribution in [0.4, 0.5) is 10.7 Å². The van der Waals surface area contributed by atoms with Gasteiger partial charge in [-0.1, -0.05) is 25.7 Å². The molecule has 6 nitrogen and oxygen atoms in total. The summed E-state index contributed by atoms with van der Waals surface area (Å²) in [7, 11) is 0. The molecule has 0 unspecified atom stereocenters. The van der Waals surface area contributed by atoms with Crippen LogP contribution in [0.15, 0.2) is 18.5 Å². The van der Waals surface area contributed by atoms with Gasteiger partial charge in [-0.3, -0.25) is 0 Å². The largest absolute Gasteiger partial charge is 0.341 e. The van der Waals surface area contributed by atoms with E-state index in [0.29, 0.717) is 12.0 Å². The van der Waals surface area contributed by atoms with Crippen molar-refractivity contribution in [3.63, 3.8) is 0 Å². The van der Waals surface area contributed by atoms with Gasteiger partial charge in [0.15, 0.2) is 0 Å². The fourth-order valence-corrected chi connectivity index (χ4v) is 3.69. The molecule has 0 spiro atoms. The lowest BCUT2D eigenvalue weighted by atomic mass is 9.97. The summed E-state index contributed by atoms with van der Waals surface area (Å²) in [6.45, 7) is 2.68. The molecule has 0 atom stereocenters. The lowest BCUT2D eigenvalue weighted by Crippen LogP contribution is -2.45. The zero-order valence-corrected chi connectivity index (χ0v) is 14.4.